The summed E-state index contributed by atoms with van der Waals surface area (Å²) in [6.45, 7) is 2.11. The summed E-state index contributed by atoms with van der Waals surface area (Å²) in [7, 11) is 6.34. The van der Waals surface area contributed by atoms with E-state index in [-0.39, 0.29) is 34.7 Å². The average Bonchev–Trinajstić information content (AvgIpc) is 3.86. The van der Waals surface area contributed by atoms with Crippen LogP contribution in [0.25, 0.3) is 16.8 Å². The van der Waals surface area contributed by atoms with Crippen LogP contribution in [0.4, 0.5) is 5.69 Å². The molecule has 2 aromatic rings. The summed E-state index contributed by atoms with van der Waals surface area (Å²) in [5.74, 6) is 1.63. The van der Waals surface area contributed by atoms with E-state index in [4.69, 9.17) is 21.9 Å². The van der Waals surface area contributed by atoms with Crippen LogP contribution in [-0.4, -0.2) is 68.7 Å². The first-order valence-corrected chi connectivity index (χ1v) is 13.8. The molecule has 2 amide bonds. The lowest BCUT2D eigenvalue weighted by Crippen LogP contribution is -2.31. The molecule has 1 saturated carbocycles. The van der Waals surface area contributed by atoms with Gasteiger partial charge in [0.15, 0.2) is 5.94 Å². The van der Waals surface area contributed by atoms with Gasteiger partial charge in [-0.25, -0.2) is 4.79 Å². The van der Waals surface area contributed by atoms with Crippen LogP contribution in [0.15, 0.2) is 76.1 Å². The van der Waals surface area contributed by atoms with Crippen LogP contribution >= 0.6 is 0 Å². The molecule has 1 aromatic heterocycles. The Morgan fingerprint density at radius 1 is 1.20 bits per heavy atom. The van der Waals surface area contributed by atoms with Crippen LogP contribution in [0.5, 0.6) is 5.75 Å². The molecule has 9 N–H and O–H groups in total. The Bertz CT molecular complexity index is 1560. The van der Waals surface area contributed by atoms with Gasteiger partial charge in [-0.2, -0.15) is 0 Å². The summed E-state index contributed by atoms with van der Waals surface area (Å²) < 4.78 is 5.75. The molecular weight excluding hydrogens is 562 g/mol. The molecule has 0 unspecified atom stereocenters. The Labute approximate surface area is 256 Å². The number of benzene rings is 1. The summed E-state index contributed by atoms with van der Waals surface area (Å²) in [6.07, 6.45) is 6.27. The van der Waals surface area contributed by atoms with Gasteiger partial charge in [0.05, 0.1) is 24.2 Å². The summed E-state index contributed by atoms with van der Waals surface area (Å²) in [5, 5.41) is 8.23. The minimum atomic E-state index is -0.546. The number of pyridine rings is 1. The first-order chi connectivity index (χ1) is 21.0. The SMILES string of the molecule is CN=C/C(CN(C)C(=C=O)c1ccc(-c2cccc(NC(/C=C(\N)NC(=O)C3CC3)=C(/N)C(=O)NC)c2OC)cn1)=C(/C)N. The van der Waals surface area contributed by atoms with E-state index in [1.54, 1.807) is 62.6 Å². The van der Waals surface area contributed by atoms with Gasteiger partial charge in [-0.15, -0.1) is 0 Å². The van der Waals surface area contributed by atoms with Crippen LogP contribution in [0.2, 0.25) is 0 Å². The Kier molecular flexibility index (Phi) is 11.3. The maximum atomic E-state index is 12.4. The second kappa shape index (κ2) is 15.1. The molecule has 1 aliphatic rings. The number of methoxy groups -OCH3 is 1. The average molecular weight is 602 g/mol. The zero-order valence-corrected chi connectivity index (χ0v) is 25.5. The zero-order valence-electron chi connectivity index (χ0n) is 25.5. The van der Waals surface area contributed by atoms with E-state index in [0.717, 1.165) is 18.4 Å². The van der Waals surface area contributed by atoms with Gasteiger partial charge >= 0.3 is 0 Å². The minimum absolute atomic E-state index is 0.0291. The maximum absolute atomic E-state index is 12.4. The molecule has 1 aromatic carbocycles. The quantitative estimate of drug-likeness (QED) is 0.0844. The number of carbonyl (C=O) groups is 2. The summed E-state index contributed by atoms with van der Waals surface area (Å²) in [6, 6.07) is 8.86. The topological polar surface area (TPSA) is 203 Å². The number of likely N-dealkylation sites (N-methyl/N-ethyl adjacent to an activating group) is 2. The van der Waals surface area contributed by atoms with Crippen molar-refractivity contribution in [1.29, 1.82) is 0 Å². The van der Waals surface area contributed by atoms with E-state index in [0.29, 0.717) is 40.5 Å². The third kappa shape index (κ3) is 8.26. The Morgan fingerprint density at radius 3 is 2.48 bits per heavy atom. The van der Waals surface area contributed by atoms with Gasteiger partial charge in [-0.05, 0) is 31.9 Å². The minimum Gasteiger partial charge on any atom is -0.494 e. The summed E-state index contributed by atoms with van der Waals surface area (Å²) in [5.41, 5.74) is 22.0. The highest BCUT2D eigenvalue weighted by Gasteiger charge is 2.29. The van der Waals surface area contributed by atoms with Crippen molar-refractivity contribution in [3.63, 3.8) is 0 Å². The summed E-state index contributed by atoms with van der Waals surface area (Å²) in [4.78, 5) is 46.8. The molecule has 232 valence electrons. The molecule has 1 heterocycles. The highest BCUT2D eigenvalue weighted by atomic mass is 16.5. The van der Waals surface area contributed by atoms with E-state index >= 15 is 0 Å². The van der Waals surface area contributed by atoms with E-state index < -0.39 is 5.91 Å². The van der Waals surface area contributed by atoms with Crippen molar-refractivity contribution in [1.82, 2.24) is 20.5 Å². The first-order valence-electron chi connectivity index (χ1n) is 13.8. The van der Waals surface area contributed by atoms with Gasteiger partial charge in [0.2, 0.25) is 5.91 Å². The van der Waals surface area contributed by atoms with Crippen molar-refractivity contribution in [3.8, 4) is 16.9 Å². The van der Waals surface area contributed by atoms with E-state index in [1.807, 2.05) is 12.0 Å². The molecule has 1 aliphatic carbocycles. The summed E-state index contributed by atoms with van der Waals surface area (Å²) >= 11 is 0. The highest BCUT2D eigenvalue weighted by Crippen LogP contribution is 2.37. The zero-order chi connectivity index (χ0) is 32.4. The number of hydrogen-bond donors (Lipinski definition) is 6. The molecule has 13 nitrogen and oxygen atoms in total. The predicted molar refractivity (Wildman–Crippen MR) is 171 cm³/mol. The van der Waals surface area contributed by atoms with Crippen molar-refractivity contribution < 1.29 is 19.1 Å². The van der Waals surface area contributed by atoms with Crippen LogP contribution in [0, 0.1) is 5.92 Å². The molecule has 3 rings (SSSR count). The molecule has 0 atom stereocenters. The van der Waals surface area contributed by atoms with Gasteiger partial charge < -0.3 is 42.8 Å². The van der Waals surface area contributed by atoms with Crippen LogP contribution < -0.4 is 37.9 Å². The van der Waals surface area contributed by atoms with Crippen molar-refractivity contribution >= 4 is 35.4 Å². The van der Waals surface area contributed by atoms with Crippen LogP contribution in [0.3, 0.4) is 0 Å². The van der Waals surface area contributed by atoms with Gasteiger partial charge in [0, 0.05) is 74.5 Å². The normalized spacial score (nSPS) is 14.2. The number of allylic oxidation sites excluding steroid dienone is 2. The highest BCUT2D eigenvalue weighted by molar-refractivity contribution is 5.94. The van der Waals surface area contributed by atoms with Crippen molar-refractivity contribution in [2.45, 2.75) is 19.8 Å². The molecule has 0 bridgehead atoms. The lowest BCUT2D eigenvalue weighted by Gasteiger charge is -2.21. The molecule has 13 heteroatoms. The fraction of sp³-hybridized carbons (Fsp3) is 0.290. The van der Waals surface area contributed by atoms with E-state index in [1.165, 1.54) is 20.2 Å². The molecule has 1 fully saturated rings. The van der Waals surface area contributed by atoms with Gasteiger partial charge in [0.25, 0.3) is 5.91 Å². The third-order valence-corrected chi connectivity index (χ3v) is 6.76. The third-order valence-electron chi connectivity index (χ3n) is 6.76. The number of aromatic nitrogens is 1. The number of nitrogens with two attached hydrogens (primary N) is 3. The number of hydrogen-bond acceptors (Lipinski definition) is 11. The molecule has 44 heavy (non-hydrogen) atoms. The van der Waals surface area contributed by atoms with Gasteiger partial charge in [0.1, 0.15) is 23.0 Å². The second-order valence-electron chi connectivity index (χ2n) is 10.1. The number of nitrogens with one attached hydrogen (secondary N) is 3. The van der Waals surface area contributed by atoms with Crippen LogP contribution in [0.1, 0.15) is 25.5 Å². The van der Waals surface area contributed by atoms with E-state index in [9.17, 15) is 14.4 Å². The molecule has 0 aliphatic heterocycles. The second-order valence-corrected chi connectivity index (χ2v) is 10.1. The number of rotatable bonds is 13. The van der Waals surface area contributed by atoms with Crippen LogP contribution in [-0.2, 0) is 14.4 Å². The lowest BCUT2D eigenvalue weighted by molar-refractivity contribution is -0.121. The largest absolute Gasteiger partial charge is 0.494 e. The number of anilines is 1. The van der Waals surface area contributed by atoms with Gasteiger partial charge in [-0.3, -0.25) is 19.6 Å². The number of nitrogens with zero attached hydrogens (tertiary/aromatic N) is 3. The Hall–Kier alpha value is -5.55. The monoisotopic (exact) mass is 601 g/mol. The molecule has 0 radical (unpaired) electrons. The lowest BCUT2D eigenvalue weighted by atomic mass is 10.0. The first kappa shape index (κ1) is 33.0. The van der Waals surface area contributed by atoms with Gasteiger partial charge in [-0.1, -0.05) is 18.2 Å². The fourth-order valence-electron chi connectivity index (χ4n) is 4.22. The van der Waals surface area contributed by atoms with E-state index in [2.05, 4.69) is 25.9 Å². The molecular formula is C31H39N9O4. The smallest absolute Gasteiger partial charge is 0.269 e. The number of carbonyl (C=O) groups excluding carboxylic acids is 3. The number of para-hydroxylation sites is 1. The molecule has 0 spiro atoms. The standard InChI is InChI=1S/C31H39N9O4/c1-18(32)21(14-35-2)16-40(4)26(17-41)23-12-11-20(15-37-23)22-7-6-8-24(29(22)44-5)38-25(28(34)31(43)36-3)13-27(33)39-30(42)19-9-10-19/h6-8,11-15,19,38H,9-10,16,32-34H2,1-5H3,(H,36,43)(H,39,42)/b21-18+,27-13+,28-25+,35-14?. The molecule has 0 saturated heterocycles. The number of ether oxygens (including phenoxy) is 1. The maximum Gasteiger partial charge on any atom is 0.269 e. The van der Waals surface area contributed by atoms with Crippen molar-refractivity contribution in [2.75, 3.05) is 40.1 Å². The number of amides is 2. The fourth-order valence-corrected chi connectivity index (χ4v) is 4.22. The van der Waals surface area contributed by atoms with Crippen molar-refractivity contribution in [2.24, 2.45) is 28.1 Å². The van der Waals surface area contributed by atoms with Crippen molar-refractivity contribution in [3.05, 3.63) is 76.8 Å². The Morgan fingerprint density at radius 2 is 1.93 bits per heavy atom. The predicted octanol–water partition coefficient (Wildman–Crippen LogP) is 1.45. The Balaban J connectivity index is 1.94. The number of aliphatic imine (C=N–C) groups is 1.